The lowest BCUT2D eigenvalue weighted by atomic mass is 10.2. The molecule has 92 valence electrons. The van der Waals surface area contributed by atoms with Crippen LogP contribution in [0.5, 0.6) is 5.75 Å². The summed E-state index contributed by atoms with van der Waals surface area (Å²) < 4.78 is 5.23. The van der Waals surface area contributed by atoms with Crippen molar-refractivity contribution < 1.29 is 9.53 Å². The Balaban J connectivity index is 1.90. The molecular formula is C12H16N2O2S. The molecule has 1 fully saturated rings. The molecule has 2 rings (SSSR count). The number of hydrogen-bond acceptors (Lipinski definition) is 4. The number of rotatable bonds is 4. The van der Waals surface area contributed by atoms with E-state index in [0.717, 1.165) is 22.9 Å². The average Bonchev–Trinajstić information content (AvgIpc) is 2.90. The first-order valence-corrected chi connectivity index (χ1v) is 6.67. The van der Waals surface area contributed by atoms with Gasteiger partial charge in [-0.1, -0.05) is 18.2 Å². The fraction of sp³-hybridized carbons (Fsp3) is 0.417. The summed E-state index contributed by atoms with van der Waals surface area (Å²) >= 11 is 1.74. The van der Waals surface area contributed by atoms with Gasteiger partial charge in [0, 0.05) is 23.7 Å². The summed E-state index contributed by atoms with van der Waals surface area (Å²) in [5, 5.41) is 6.06. The monoisotopic (exact) mass is 252 g/mol. The standard InChI is InChI=1S/C12H16N2O2S/c1-16-11-5-3-2-4-9(11)6-13-12(15)10-7-17-8-14-10/h2-5,10,14H,6-8H2,1H3,(H,13,15). The summed E-state index contributed by atoms with van der Waals surface area (Å²) in [5.74, 6) is 2.56. The van der Waals surface area contributed by atoms with E-state index in [9.17, 15) is 4.79 Å². The van der Waals surface area contributed by atoms with E-state index in [2.05, 4.69) is 10.6 Å². The van der Waals surface area contributed by atoms with E-state index in [1.54, 1.807) is 18.9 Å². The van der Waals surface area contributed by atoms with Crippen molar-refractivity contribution in [3.63, 3.8) is 0 Å². The van der Waals surface area contributed by atoms with Crippen LogP contribution in [0.4, 0.5) is 0 Å². The maximum Gasteiger partial charge on any atom is 0.238 e. The van der Waals surface area contributed by atoms with Crippen molar-refractivity contribution in [3.8, 4) is 5.75 Å². The number of carbonyl (C=O) groups excluding carboxylic acids is 1. The minimum Gasteiger partial charge on any atom is -0.496 e. The number of amides is 1. The maximum absolute atomic E-state index is 11.8. The lowest BCUT2D eigenvalue weighted by Gasteiger charge is -2.12. The molecule has 1 aliphatic rings. The largest absolute Gasteiger partial charge is 0.496 e. The van der Waals surface area contributed by atoms with Crippen LogP contribution in [-0.2, 0) is 11.3 Å². The van der Waals surface area contributed by atoms with Crippen LogP contribution < -0.4 is 15.4 Å². The molecule has 4 nitrogen and oxygen atoms in total. The minimum atomic E-state index is -0.0605. The highest BCUT2D eigenvalue weighted by Gasteiger charge is 2.22. The van der Waals surface area contributed by atoms with Gasteiger partial charge in [-0.15, -0.1) is 11.8 Å². The van der Waals surface area contributed by atoms with Crippen molar-refractivity contribution in [2.24, 2.45) is 0 Å². The summed E-state index contributed by atoms with van der Waals surface area (Å²) in [7, 11) is 1.63. The first-order valence-electron chi connectivity index (χ1n) is 5.52. The molecule has 0 bridgehead atoms. The van der Waals surface area contributed by atoms with Crippen LogP contribution in [0.2, 0.25) is 0 Å². The van der Waals surface area contributed by atoms with Crippen molar-refractivity contribution >= 4 is 17.7 Å². The molecule has 2 N–H and O–H groups in total. The molecule has 0 spiro atoms. The molecule has 0 radical (unpaired) electrons. The van der Waals surface area contributed by atoms with Crippen LogP contribution >= 0.6 is 11.8 Å². The lowest BCUT2D eigenvalue weighted by molar-refractivity contribution is -0.122. The highest BCUT2D eigenvalue weighted by molar-refractivity contribution is 7.99. The molecular weight excluding hydrogens is 236 g/mol. The van der Waals surface area contributed by atoms with Crippen LogP contribution in [0, 0.1) is 0 Å². The van der Waals surface area contributed by atoms with Crippen molar-refractivity contribution in [2.75, 3.05) is 18.7 Å². The van der Waals surface area contributed by atoms with Gasteiger partial charge in [-0.2, -0.15) is 0 Å². The second kappa shape index (κ2) is 5.93. The number of ether oxygens (including phenoxy) is 1. The smallest absolute Gasteiger partial charge is 0.238 e. The Morgan fingerprint density at radius 3 is 3.12 bits per heavy atom. The molecule has 1 heterocycles. The van der Waals surface area contributed by atoms with E-state index in [0.29, 0.717) is 6.54 Å². The maximum atomic E-state index is 11.8. The Morgan fingerprint density at radius 2 is 2.41 bits per heavy atom. The topological polar surface area (TPSA) is 50.4 Å². The lowest BCUT2D eigenvalue weighted by Crippen LogP contribution is -2.41. The number of methoxy groups -OCH3 is 1. The van der Waals surface area contributed by atoms with Crippen LogP contribution in [0.1, 0.15) is 5.56 Å². The van der Waals surface area contributed by atoms with Gasteiger partial charge in [-0.05, 0) is 6.07 Å². The molecule has 5 heteroatoms. The van der Waals surface area contributed by atoms with Gasteiger partial charge in [0.25, 0.3) is 0 Å². The van der Waals surface area contributed by atoms with Gasteiger partial charge in [-0.25, -0.2) is 0 Å². The molecule has 17 heavy (non-hydrogen) atoms. The number of hydrogen-bond donors (Lipinski definition) is 2. The molecule has 1 saturated heterocycles. The molecule has 1 unspecified atom stereocenters. The quantitative estimate of drug-likeness (QED) is 0.838. The predicted molar refractivity (Wildman–Crippen MR) is 69.1 cm³/mol. The van der Waals surface area contributed by atoms with E-state index in [4.69, 9.17) is 4.74 Å². The summed E-state index contributed by atoms with van der Waals surface area (Å²) in [6, 6.07) is 7.64. The summed E-state index contributed by atoms with van der Waals surface area (Å²) in [4.78, 5) is 11.8. The van der Waals surface area contributed by atoms with E-state index >= 15 is 0 Å². The number of nitrogens with one attached hydrogen (secondary N) is 2. The third-order valence-electron chi connectivity index (χ3n) is 2.68. The summed E-state index contributed by atoms with van der Waals surface area (Å²) in [6.45, 7) is 0.506. The molecule has 1 atom stereocenters. The fourth-order valence-electron chi connectivity index (χ4n) is 1.72. The van der Waals surface area contributed by atoms with Gasteiger partial charge in [0.15, 0.2) is 0 Å². The van der Waals surface area contributed by atoms with Crippen molar-refractivity contribution in [3.05, 3.63) is 29.8 Å². The molecule has 1 aliphatic heterocycles. The van der Waals surface area contributed by atoms with Crippen molar-refractivity contribution in [1.29, 1.82) is 0 Å². The van der Waals surface area contributed by atoms with Crippen LogP contribution in [0.15, 0.2) is 24.3 Å². The fourth-order valence-corrected chi connectivity index (χ4v) is 2.66. The second-order valence-corrected chi connectivity index (χ2v) is 4.83. The summed E-state index contributed by atoms with van der Waals surface area (Å²) in [5.41, 5.74) is 0.994. The molecule has 0 saturated carbocycles. The van der Waals surface area contributed by atoms with Gasteiger partial charge < -0.3 is 10.1 Å². The van der Waals surface area contributed by atoms with Gasteiger partial charge in [0.1, 0.15) is 5.75 Å². The zero-order valence-electron chi connectivity index (χ0n) is 9.73. The van der Waals surface area contributed by atoms with E-state index in [-0.39, 0.29) is 11.9 Å². The Hall–Kier alpha value is -1.20. The van der Waals surface area contributed by atoms with Crippen molar-refractivity contribution in [1.82, 2.24) is 10.6 Å². The molecule has 0 aromatic heterocycles. The number of para-hydroxylation sites is 1. The third-order valence-corrected chi connectivity index (χ3v) is 3.62. The minimum absolute atomic E-state index is 0.0564. The Labute approximate surface area is 105 Å². The highest BCUT2D eigenvalue weighted by atomic mass is 32.2. The number of thioether (sulfide) groups is 1. The zero-order valence-corrected chi connectivity index (χ0v) is 10.5. The average molecular weight is 252 g/mol. The first kappa shape index (κ1) is 12.3. The van der Waals surface area contributed by atoms with E-state index < -0.39 is 0 Å². The van der Waals surface area contributed by atoms with Crippen LogP contribution in [0.25, 0.3) is 0 Å². The molecule has 1 amide bonds. The number of benzene rings is 1. The molecule has 0 aliphatic carbocycles. The van der Waals surface area contributed by atoms with Gasteiger partial charge in [0.05, 0.1) is 13.2 Å². The zero-order chi connectivity index (χ0) is 12.1. The Morgan fingerprint density at radius 1 is 1.59 bits per heavy atom. The van der Waals surface area contributed by atoms with Gasteiger partial charge >= 0.3 is 0 Å². The van der Waals surface area contributed by atoms with E-state index in [1.165, 1.54) is 0 Å². The third kappa shape index (κ3) is 3.14. The van der Waals surface area contributed by atoms with Crippen LogP contribution in [-0.4, -0.2) is 30.7 Å². The normalized spacial score (nSPS) is 19.0. The number of carbonyl (C=O) groups is 1. The second-order valence-electron chi connectivity index (χ2n) is 3.80. The molecule has 1 aromatic carbocycles. The summed E-state index contributed by atoms with van der Waals surface area (Å²) in [6.07, 6.45) is 0. The van der Waals surface area contributed by atoms with Crippen LogP contribution in [0.3, 0.4) is 0 Å². The Bertz CT molecular complexity index is 392. The van der Waals surface area contributed by atoms with Gasteiger partial charge in [0.2, 0.25) is 5.91 Å². The Kier molecular flexibility index (Phi) is 4.28. The van der Waals surface area contributed by atoms with Gasteiger partial charge in [-0.3, -0.25) is 10.1 Å². The SMILES string of the molecule is COc1ccccc1CNC(=O)C1CSCN1. The predicted octanol–water partition coefficient (Wildman–Crippen LogP) is 0.974. The molecule has 1 aromatic rings. The van der Waals surface area contributed by atoms with E-state index in [1.807, 2.05) is 24.3 Å². The highest BCUT2D eigenvalue weighted by Crippen LogP contribution is 2.17. The van der Waals surface area contributed by atoms with Crippen molar-refractivity contribution in [2.45, 2.75) is 12.6 Å². The first-order chi connectivity index (χ1) is 8.31.